The molecule has 2 aromatic heterocycles. The maximum atomic E-state index is 5.72. The van der Waals surface area contributed by atoms with E-state index in [1.54, 1.807) is 18.6 Å². The monoisotopic (exact) mass is 255 g/mol. The first-order valence-electron chi connectivity index (χ1n) is 5.59. The fourth-order valence-electron chi connectivity index (χ4n) is 1.84. The van der Waals surface area contributed by atoms with Crippen LogP contribution in [0.25, 0.3) is 22.3 Å². The first-order valence-corrected chi connectivity index (χ1v) is 6.13. The van der Waals surface area contributed by atoms with Crippen molar-refractivity contribution < 1.29 is 0 Å². The van der Waals surface area contributed by atoms with Gasteiger partial charge < -0.3 is 0 Å². The van der Waals surface area contributed by atoms with Gasteiger partial charge in [-0.15, -0.1) is 11.6 Å². The average molecular weight is 256 g/mol. The normalized spacial score (nSPS) is 10.7. The number of pyridine rings is 1. The summed E-state index contributed by atoms with van der Waals surface area (Å²) in [5.74, 6) is 1.05. The lowest BCUT2D eigenvalue weighted by atomic mass is 10.1. The van der Waals surface area contributed by atoms with Gasteiger partial charge in [0.15, 0.2) is 5.82 Å². The number of hydrogen-bond donors (Lipinski definition) is 0. The highest BCUT2D eigenvalue weighted by Crippen LogP contribution is 2.23. The molecule has 0 amide bonds. The zero-order valence-corrected chi connectivity index (χ0v) is 10.3. The SMILES string of the molecule is ClCc1cnc(-c2nccc3ccccc23)nc1. The van der Waals surface area contributed by atoms with Crippen molar-refractivity contribution >= 4 is 22.4 Å². The predicted molar refractivity (Wildman–Crippen MR) is 72.3 cm³/mol. The van der Waals surface area contributed by atoms with E-state index in [1.807, 2.05) is 30.3 Å². The van der Waals surface area contributed by atoms with Gasteiger partial charge in [-0.3, -0.25) is 4.98 Å². The summed E-state index contributed by atoms with van der Waals surface area (Å²) in [6.45, 7) is 0. The molecule has 0 aliphatic rings. The molecule has 18 heavy (non-hydrogen) atoms. The Balaban J connectivity index is 2.18. The Bertz CT molecular complexity index is 675. The van der Waals surface area contributed by atoms with Crippen LogP contribution >= 0.6 is 11.6 Å². The van der Waals surface area contributed by atoms with Gasteiger partial charge in [0, 0.05) is 29.5 Å². The number of alkyl halides is 1. The highest BCUT2D eigenvalue weighted by Gasteiger charge is 2.07. The first kappa shape index (κ1) is 11.1. The van der Waals surface area contributed by atoms with E-state index >= 15 is 0 Å². The summed E-state index contributed by atoms with van der Waals surface area (Å²) in [7, 11) is 0. The van der Waals surface area contributed by atoms with Gasteiger partial charge in [-0.05, 0) is 11.5 Å². The van der Waals surface area contributed by atoms with Crippen molar-refractivity contribution in [2.24, 2.45) is 0 Å². The van der Waals surface area contributed by atoms with Crippen molar-refractivity contribution in [3.05, 3.63) is 54.5 Å². The van der Waals surface area contributed by atoms with Gasteiger partial charge in [-0.25, -0.2) is 9.97 Å². The summed E-state index contributed by atoms with van der Waals surface area (Å²) in [5.41, 5.74) is 1.70. The summed E-state index contributed by atoms with van der Waals surface area (Å²) in [6, 6.07) is 10.0. The van der Waals surface area contributed by atoms with Gasteiger partial charge >= 0.3 is 0 Å². The molecule has 3 rings (SSSR count). The van der Waals surface area contributed by atoms with Crippen molar-refractivity contribution in [3.8, 4) is 11.5 Å². The maximum absolute atomic E-state index is 5.72. The van der Waals surface area contributed by atoms with Gasteiger partial charge in [-0.2, -0.15) is 0 Å². The number of benzene rings is 1. The quantitative estimate of drug-likeness (QED) is 0.659. The van der Waals surface area contributed by atoms with E-state index in [1.165, 1.54) is 0 Å². The van der Waals surface area contributed by atoms with Crippen LogP contribution < -0.4 is 0 Å². The molecular weight excluding hydrogens is 246 g/mol. The van der Waals surface area contributed by atoms with E-state index < -0.39 is 0 Å². The molecule has 0 unspecified atom stereocenters. The van der Waals surface area contributed by atoms with Crippen molar-refractivity contribution in [1.82, 2.24) is 15.0 Å². The largest absolute Gasteiger partial charge is 0.252 e. The molecule has 0 saturated carbocycles. The number of rotatable bonds is 2. The third-order valence-corrected chi connectivity index (χ3v) is 3.05. The molecule has 0 radical (unpaired) electrons. The summed E-state index contributed by atoms with van der Waals surface area (Å²) in [6.07, 6.45) is 5.24. The van der Waals surface area contributed by atoms with E-state index in [9.17, 15) is 0 Å². The summed E-state index contributed by atoms with van der Waals surface area (Å²) >= 11 is 5.72. The van der Waals surface area contributed by atoms with Gasteiger partial charge in [0.1, 0.15) is 5.69 Å². The van der Waals surface area contributed by atoms with E-state index in [-0.39, 0.29) is 0 Å². The van der Waals surface area contributed by atoms with Crippen molar-refractivity contribution in [1.29, 1.82) is 0 Å². The molecule has 1 aromatic carbocycles. The molecule has 88 valence electrons. The molecule has 2 heterocycles. The molecule has 0 fully saturated rings. The second kappa shape index (κ2) is 4.70. The summed E-state index contributed by atoms with van der Waals surface area (Å²) < 4.78 is 0. The Morgan fingerprint density at radius 3 is 2.50 bits per heavy atom. The van der Waals surface area contributed by atoms with E-state index in [0.29, 0.717) is 11.7 Å². The molecule has 3 aromatic rings. The fourth-order valence-corrected chi connectivity index (χ4v) is 1.98. The smallest absolute Gasteiger partial charge is 0.178 e. The highest BCUT2D eigenvalue weighted by molar-refractivity contribution is 6.17. The lowest BCUT2D eigenvalue weighted by Gasteiger charge is -2.04. The maximum Gasteiger partial charge on any atom is 0.178 e. The predicted octanol–water partition coefficient (Wildman–Crippen LogP) is 3.43. The van der Waals surface area contributed by atoms with Crippen LogP contribution in [0, 0.1) is 0 Å². The molecule has 0 N–H and O–H groups in total. The highest BCUT2D eigenvalue weighted by atomic mass is 35.5. The molecule has 0 aliphatic carbocycles. The number of fused-ring (bicyclic) bond motifs is 1. The van der Waals surface area contributed by atoms with E-state index in [2.05, 4.69) is 15.0 Å². The first-order chi connectivity index (χ1) is 8.88. The summed E-state index contributed by atoms with van der Waals surface area (Å²) in [4.78, 5) is 13.0. The van der Waals surface area contributed by atoms with Crippen LogP contribution in [0.4, 0.5) is 0 Å². The van der Waals surface area contributed by atoms with Gasteiger partial charge in [0.2, 0.25) is 0 Å². The second-order valence-electron chi connectivity index (χ2n) is 3.93. The average Bonchev–Trinajstić information content (AvgIpc) is 2.47. The third-order valence-electron chi connectivity index (χ3n) is 2.75. The molecular formula is C14H10ClN3. The Morgan fingerprint density at radius 2 is 1.72 bits per heavy atom. The molecule has 0 atom stereocenters. The van der Waals surface area contributed by atoms with Crippen LogP contribution in [-0.4, -0.2) is 15.0 Å². The molecule has 0 saturated heterocycles. The van der Waals surface area contributed by atoms with Crippen molar-refractivity contribution in [2.45, 2.75) is 5.88 Å². The lowest BCUT2D eigenvalue weighted by molar-refractivity contribution is 1.11. The number of hydrogen-bond acceptors (Lipinski definition) is 3. The van der Waals surface area contributed by atoms with Crippen molar-refractivity contribution in [2.75, 3.05) is 0 Å². The minimum absolute atomic E-state index is 0.420. The zero-order valence-electron chi connectivity index (χ0n) is 9.55. The van der Waals surface area contributed by atoms with Gasteiger partial charge in [-0.1, -0.05) is 24.3 Å². The molecule has 4 heteroatoms. The molecule has 0 aliphatic heterocycles. The molecule has 0 bridgehead atoms. The van der Waals surface area contributed by atoms with Crippen LogP contribution in [0.3, 0.4) is 0 Å². The zero-order chi connectivity index (χ0) is 12.4. The van der Waals surface area contributed by atoms with Crippen molar-refractivity contribution in [3.63, 3.8) is 0 Å². The van der Waals surface area contributed by atoms with Crippen LogP contribution in [0.1, 0.15) is 5.56 Å². The number of nitrogens with zero attached hydrogens (tertiary/aromatic N) is 3. The topological polar surface area (TPSA) is 38.7 Å². The van der Waals surface area contributed by atoms with Gasteiger partial charge in [0.05, 0.1) is 5.88 Å². The van der Waals surface area contributed by atoms with Crippen LogP contribution in [0.2, 0.25) is 0 Å². The minimum Gasteiger partial charge on any atom is -0.252 e. The number of halogens is 1. The standard InChI is InChI=1S/C14H10ClN3/c15-7-10-8-17-14(18-9-10)13-12-4-2-1-3-11(12)5-6-16-13/h1-6,8-9H,7H2. The minimum atomic E-state index is 0.420. The fraction of sp³-hybridized carbons (Fsp3) is 0.0714. The van der Waals surface area contributed by atoms with E-state index in [4.69, 9.17) is 11.6 Å². The Hall–Kier alpha value is -2.00. The summed E-state index contributed by atoms with van der Waals surface area (Å²) in [5, 5.41) is 2.19. The molecule has 0 spiro atoms. The Morgan fingerprint density at radius 1 is 0.944 bits per heavy atom. The third kappa shape index (κ3) is 1.93. The lowest BCUT2D eigenvalue weighted by Crippen LogP contribution is -1.93. The number of aromatic nitrogens is 3. The van der Waals surface area contributed by atoms with Gasteiger partial charge in [0.25, 0.3) is 0 Å². The van der Waals surface area contributed by atoms with Crippen LogP contribution in [0.15, 0.2) is 48.9 Å². The Kier molecular flexibility index (Phi) is 2.90. The van der Waals surface area contributed by atoms with E-state index in [0.717, 1.165) is 22.0 Å². The van der Waals surface area contributed by atoms with Crippen LogP contribution in [-0.2, 0) is 5.88 Å². The Labute approximate surface area is 109 Å². The second-order valence-corrected chi connectivity index (χ2v) is 4.20. The van der Waals surface area contributed by atoms with Crippen LogP contribution in [0.5, 0.6) is 0 Å². The molecule has 3 nitrogen and oxygen atoms in total.